The maximum atomic E-state index is 11.1. The molecule has 3 rings (SSSR count). The van der Waals surface area contributed by atoms with Crippen LogP contribution in [-0.4, -0.2) is 20.7 Å². The van der Waals surface area contributed by atoms with Gasteiger partial charge in [0, 0.05) is 29.2 Å². The van der Waals surface area contributed by atoms with Crippen molar-refractivity contribution in [1.82, 2.24) is 4.57 Å². The van der Waals surface area contributed by atoms with Crippen molar-refractivity contribution < 1.29 is 15.0 Å². The highest BCUT2D eigenvalue weighted by molar-refractivity contribution is 5.89. The standard InChI is InChI=1S/C17H15NO3/c19-16(17(20)21)14-11-18(10-12-6-2-1-3-7-12)15-9-5-4-8-13(14)15/h1-9,11,16,19H,10H2,(H,20,21). The smallest absolute Gasteiger partial charge is 0.337 e. The van der Waals surface area contributed by atoms with Crippen LogP contribution in [0.3, 0.4) is 0 Å². The van der Waals surface area contributed by atoms with Crippen LogP contribution in [0.15, 0.2) is 60.8 Å². The Bertz CT molecular complexity index is 777. The van der Waals surface area contributed by atoms with Crippen LogP contribution in [0, 0.1) is 0 Å². The predicted octanol–water partition coefficient (Wildman–Crippen LogP) is 2.81. The highest BCUT2D eigenvalue weighted by Crippen LogP contribution is 2.27. The topological polar surface area (TPSA) is 62.5 Å². The fourth-order valence-corrected chi connectivity index (χ4v) is 2.54. The number of benzene rings is 2. The van der Waals surface area contributed by atoms with Crippen molar-refractivity contribution >= 4 is 16.9 Å². The normalized spacial score (nSPS) is 12.4. The first-order chi connectivity index (χ1) is 10.2. The molecular weight excluding hydrogens is 266 g/mol. The molecule has 1 atom stereocenters. The van der Waals surface area contributed by atoms with E-state index in [4.69, 9.17) is 5.11 Å². The number of rotatable bonds is 4. The summed E-state index contributed by atoms with van der Waals surface area (Å²) in [6.45, 7) is 0.633. The fourth-order valence-electron chi connectivity index (χ4n) is 2.54. The molecule has 0 radical (unpaired) electrons. The molecule has 1 unspecified atom stereocenters. The Morgan fingerprint density at radius 1 is 1.05 bits per heavy atom. The first kappa shape index (κ1) is 13.4. The molecule has 3 aromatic rings. The average molecular weight is 281 g/mol. The van der Waals surface area contributed by atoms with E-state index in [0.717, 1.165) is 16.5 Å². The molecule has 4 nitrogen and oxygen atoms in total. The minimum atomic E-state index is -1.51. The van der Waals surface area contributed by atoms with Crippen LogP contribution >= 0.6 is 0 Å². The van der Waals surface area contributed by atoms with Gasteiger partial charge in [-0.2, -0.15) is 0 Å². The fraction of sp³-hybridized carbons (Fsp3) is 0.118. The van der Waals surface area contributed by atoms with Crippen molar-refractivity contribution in [1.29, 1.82) is 0 Å². The molecule has 0 aliphatic carbocycles. The molecule has 0 spiro atoms. The van der Waals surface area contributed by atoms with Crippen LogP contribution in [0.1, 0.15) is 17.2 Å². The van der Waals surface area contributed by atoms with E-state index in [0.29, 0.717) is 12.1 Å². The molecule has 0 aliphatic heterocycles. The minimum Gasteiger partial charge on any atom is -0.479 e. The molecule has 0 aliphatic rings. The summed E-state index contributed by atoms with van der Waals surface area (Å²) in [5.41, 5.74) is 2.46. The third-order valence-electron chi connectivity index (χ3n) is 3.54. The molecule has 0 saturated heterocycles. The van der Waals surface area contributed by atoms with Gasteiger partial charge in [-0.3, -0.25) is 0 Å². The summed E-state index contributed by atoms with van der Waals surface area (Å²) in [4.78, 5) is 11.1. The number of aliphatic hydroxyl groups is 1. The lowest BCUT2D eigenvalue weighted by Crippen LogP contribution is -2.10. The molecular formula is C17H15NO3. The molecule has 1 aromatic heterocycles. The molecule has 0 amide bonds. The van der Waals surface area contributed by atoms with Crippen molar-refractivity contribution in [2.75, 3.05) is 0 Å². The number of hydrogen-bond donors (Lipinski definition) is 2. The third kappa shape index (κ3) is 2.53. The Labute approximate surface area is 121 Å². The van der Waals surface area contributed by atoms with Gasteiger partial charge in [-0.1, -0.05) is 48.5 Å². The summed E-state index contributed by atoms with van der Waals surface area (Å²) in [6.07, 6.45) is 0.211. The summed E-state index contributed by atoms with van der Waals surface area (Å²) in [7, 11) is 0. The summed E-state index contributed by atoms with van der Waals surface area (Å²) < 4.78 is 1.96. The largest absolute Gasteiger partial charge is 0.479 e. The summed E-state index contributed by atoms with van der Waals surface area (Å²) in [5, 5.41) is 19.7. The quantitative estimate of drug-likeness (QED) is 0.773. The second-order valence-electron chi connectivity index (χ2n) is 4.96. The highest BCUT2D eigenvalue weighted by atomic mass is 16.4. The third-order valence-corrected chi connectivity index (χ3v) is 3.54. The highest BCUT2D eigenvalue weighted by Gasteiger charge is 2.21. The number of carboxylic acid groups (broad SMARTS) is 1. The molecule has 21 heavy (non-hydrogen) atoms. The first-order valence-corrected chi connectivity index (χ1v) is 6.69. The Morgan fingerprint density at radius 3 is 2.43 bits per heavy atom. The van der Waals surface area contributed by atoms with E-state index in [2.05, 4.69) is 0 Å². The van der Waals surface area contributed by atoms with Crippen LogP contribution in [0.4, 0.5) is 0 Å². The van der Waals surface area contributed by atoms with E-state index in [9.17, 15) is 9.90 Å². The monoisotopic (exact) mass is 281 g/mol. The van der Waals surface area contributed by atoms with Gasteiger partial charge in [0.2, 0.25) is 0 Å². The molecule has 2 N–H and O–H groups in total. The van der Waals surface area contributed by atoms with Gasteiger partial charge in [-0.15, -0.1) is 0 Å². The van der Waals surface area contributed by atoms with Crippen LogP contribution < -0.4 is 0 Å². The maximum absolute atomic E-state index is 11.1. The van der Waals surface area contributed by atoms with Crippen LogP contribution in [0.5, 0.6) is 0 Å². The van der Waals surface area contributed by atoms with Gasteiger partial charge in [0.25, 0.3) is 0 Å². The molecule has 0 bridgehead atoms. The lowest BCUT2D eigenvalue weighted by atomic mass is 10.1. The van der Waals surface area contributed by atoms with Gasteiger partial charge in [0.15, 0.2) is 6.10 Å². The maximum Gasteiger partial charge on any atom is 0.337 e. The Morgan fingerprint density at radius 2 is 1.71 bits per heavy atom. The summed E-state index contributed by atoms with van der Waals surface area (Å²) in [5.74, 6) is -1.24. The molecule has 4 heteroatoms. The van der Waals surface area contributed by atoms with Gasteiger partial charge in [-0.05, 0) is 11.6 Å². The van der Waals surface area contributed by atoms with E-state index >= 15 is 0 Å². The van der Waals surface area contributed by atoms with Crippen LogP contribution in [0.2, 0.25) is 0 Å². The minimum absolute atomic E-state index is 0.425. The number of hydrogen-bond acceptors (Lipinski definition) is 2. The van der Waals surface area contributed by atoms with E-state index in [1.54, 1.807) is 6.20 Å². The lowest BCUT2D eigenvalue weighted by Gasteiger charge is -2.05. The molecule has 2 aromatic carbocycles. The van der Waals surface area contributed by atoms with E-state index in [1.807, 2.05) is 59.2 Å². The average Bonchev–Trinajstić information content (AvgIpc) is 2.86. The second kappa shape index (κ2) is 5.42. The Balaban J connectivity index is 2.09. The lowest BCUT2D eigenvalue weighted by molar-refractivity contribution is -0.146. The molecule has 0 saturated carbocycles. The van der Waals surface area contributed by atoms with Gasteiger partial charge in [0.1, 0.15) is 0 Å². The summed E-state index contributed by atoms with van der Waals surface area (Å²) >= 11 is 0. The van der Waals surface area contributed by atoms with E-state index < -0.39 is 12.1 Å². The number of carboxylic acids is 1. The van der Waals surface area contributed by atoms with Crippen molar-refractivity contribution in [2.45, 2.75) is 12.6 Å². The van der Waals surface area contributed by atoms with E-state index in [1.165, 1.54) is 0 Å². The number of aliphatic hydroxyl groups excluding tert-OH is 1. The molecule has 106 valence electrons. The van der Waals surface area contributed by atoms with Gasteiger partial charge >= 0.3 is 5.97 Å². The number of fused-ring (bicyclic) bond motifs is 1. The first-order valence-electron chi connectivity index (χ1n) is 6.69. The van der Waals surface area contributed by atoms with Gasteiger partial charge in [-0.25, -0.2) is 4.79 Å². The Hall–Kier alpha value is -2.59. The molecule has 1 heterocycles. The van der Waals surface area contributed by atoms with Crippen LogP contribution in [0.25, 0.3) is 10.9 Å². The Kier molecular flexibility index (Phi) is 3.46. The second-order valence-corrected chi connectivity index (χ2v) is 4.96. The van der Waals surface area contributed by atoms with Crippen LogP contribution in [-0.2, 0) is 11.3 Å². The number of aromatic nitrogens is 1. The zero-order valence-corrected chi connectivity index (χ0v) is 11.3. The van der Waals surface area contributed by atoms with Crippen molar-refractivity contribution in [3.05, 3.63) is 71.9 Å². The number of para-hydroxylation sites is 1. The SMILES string of the molecule is O=C(O)C(O)c1cn(Cc2ccccc2)c2ccccc12. The van der Waals surface area contributed by atoms with Crippen molar-refractivity contribution in [3.8, 4) is 0 Å². The van der Waals surface area contributed by atoms with Gasteiger partial charge < -0.3 is 14.8 Å². The summed E-state index contributed by atoms with van der Waals surface area (Å²) in [6, 6.07) is 17.4. The molecule has 0 fully saturated rings. The number of aliphatic carboxylic acids is 1. The predicted molar refractivity (Wildman–Crippen MR) is 80.1 cm³/mol. The van der Waals surface area contributed by atoms with Gasteiger partial charge in [0.05, 0.1) is 0 Å². The zero-order valence-electron chi connectivity index (χ0n) is 11.3. The van der Waals surface area contributed by atoms with Crippen molar-refractivity contribution in [3.63, 3.8) is 0 Å². The number of carbonyl (C=O) groups is 1. The van der Waals surface area contributed by atoms with Crippen molar-refractivity contribution in [2.24, 2.45) is 0 Å². The zero-order chi connectivity index (χ0) is 14.8. The number of nitrogens with zero attached hydrogens (tertiary/aromatic N) is 1. The van der Waals surface area contributed by atoms with E-state index in [-0.39, 0.29) is 0 Å².